The number of hydrogen-bond acceptors (Lipinski definition) is 3. The Balaban J connectivity index is 2.59. The van der Waals surface area contributed by atoms with Gasteiger partial charge in [0, 0.05) is 31.7 Å². The fourth-order valence-corrected chi connectivity index (χ4v) is 1.59. The molecule has 2 atom stereocenters. The predicted octanol–water partition coefficient (Wildman–Crippen LogP) is 1.07. The summed E-state index contributed by atoms with van der Waals surface area (Å²) in [5.74, 6) is -0.236. The smallest absolute Gasteiger partial charge is 0.251 e. The Labute approximate surface area is 119 Å². The number of benzene rings is 1. The molecule has 0 radical (unpaired) electrons. The van der Waals surface area contributed by atoms with Gasteiger partial charge in [-0.3, -0.25) is 9.59 Å². The Morgan fingerprint density at radius 2 is 1.80 bits per heavy atom. The van der Waals surface area contributed by atoms with Crippen LogP contribution in [-0.2, 0) is 11.3 Å². The van der Waals surface area contributed by atoms with E-state index in [0.29, 0.717) is 12.1 Å². The summed E-state index contributed by atoms with van der Waals surface area (Å²) < 4.78 is 0. The van der Waals surface area contributed by atoms with Crippen molar-refractivity contribution in [1.82, 2.24) is 10.6 Å². The van der Waals surface area contributed by atoms with Crippen LogP contribution in [0.25, 0.3) is 0 Å². The molecular formula is C15H22N2O3. The van der Waals surface area contributed by atoms with Crippen LogP contribution in [0.5, 0.6) is 0 Å². The van der Waals surface area contributed by atoms with Gasteiger partial charge in [0.2, 0.25) is 5.91 Å². The van der Waals surface area contributed by atoms with Gasteiger partial charge in [-0.15, -0.1) is 0 Å². The van der Waals surface area contributed by atoms with Crippen LogP contribution in [0.4, 0.5) is 0 Å². The molecule has 1 aromatic carbocycles. The third kappa shape index (κ3) is 5.01. The molecule has 0 saturated carbocycles. The highest BCUT2D eigenvalue weighted by Crippen LogP contribution is 2.07. The molecule has 0 fully saturated rings. The molecule has 2 unspecified atom stereocenters. The molecule has 1 aromatic rings. The molecule has 0 aromatic heterocycles. The Hall–Kier alpha value is -1.88. The van der Waals surface area contributed by atoms with Crippen LogP contribution in [0.3, 0.4) is 0 Å². The molecule has 0 aliphatic carbocycles. The van der Waals surface area contributed by atoms with Gasteiger partial charge in [0.1, 0.15) is 0 Å². The SMILES string of the molecule is CC(=O)NCc1ccc(C(=O)NC(C)C(C)CO)cc1. The molecule has 3 N–H and O–H groups in total. The summed E-state index contributed by atoms with van der Waals surface area (Å²) >= 11 is 0. The largest absolute Gasteiger partial charge is 0.396 e. The lowest BCUT2D eigenvalue weighted by Crippen LogP contribution is -2.38. The van der Waals surface area contributed by atoms with E-state index in [4.69, 9.17) is 5.11 Å². The van der Waals surface area contributed by atoms with E-state index in [9.17, 15) is 9.59 Å². The van der Waals surface area contributed by atoms with Gasteiger partial charge >= 0.3 is 0 Å². The average Bonchev–Trinajstić information content (AvgIpc) is 2.44. The molecule has 5 nitrogen and oxygen atoms in total. The topological polar surface area (TPSA) is 78.4 Å². The molecule has 20 heavy (non-hydrogen) atoms. The zero-order valence-corrected chi connectivity index (χ0v) is 12.1. The normalized spacial score (nSPS) is 13.4. The molecule has 0 aliphatic rings. The van der Waals surface area contributed by atoms with Crippen molar-refractivity contribution in [3.63, 3.8) is 0 Å². The van der Waals surface area contributed by atoms with Crippen molar-refractivity contribution >= 4 is 11.8 Å². The number of amides is 2. The molecule has 0 heterocycles. The third-order valence-electron chi connectivity index (χ3n) is 3.26. The van der Waals surface area contributed by atoms with E-state index in [0.717, 1.165) is 5.56 Å². The molecule has 0 bridgehead atoms. The van der Waals surface area contributed by atoms with E-state index < -0.39 is 0 Å². The van der Waals surface area contributed by atoms with E-state index in [1.807, 2.05) is 26.0 Å². The van der Waals surface area contributed by atoms with Gasteiger partial charge < -0.3 is 15.7 Å². The Bertz CT molecular complexity index is 457. The summed E-state index contributed by atoms with van der Waals surface area (Å²) in [7, 11) is 0. The highest BCUT2D eigenvalue weighted by Gasteiger charge is 2.14. The monoisotopic (exact) mass is 278 g/mol. The third-order valence-corrected chi connectivity index (χ3v) is 3.26. The second-order valence-corrected chi connectivity index (χ2v) is 5.03. The van der Waals surface area contributed by atoms with Crippen molar-refractivity contribution in [2.24, 2.45) is 5.92 Å². The van der Waals surface area contributed by atoms with Gasteiger partial charge in [0.05, 0.1) is 0 Å². The summed E-state index contributed by atoms with van der Waals surface area (Å²) in [6, 6.07) is 6.98. The maximum Gasteiger partial charge on any atom is 0.251 e. The van der Waals surface area contributed by atoms with Crippen LogP contribution in [0.15, 0.2) is 24.3 Å². The van der Waals surface area contributed by atoms with Gasteiger partial charge in [-0.25, -0.2) is 0 Å². The number of hydrogen-bond donors (Lipinski definition) is 3. The van der Waals surface area contributed by atoms with Crippen molar-refractivity contribution in [3.05, 3.63) is 35.4 Å². The van der Waals surface area contributed by atoms with Crippen molar-refractivity contribution in [2.75, 3.05) is 6.61 Å². The lowest BCUT2D eigenvalue weighted by atomic mass is 10.0. The zero-order chi connectivity index (χ0) is 15.1. The fraction of sp³-hybridized carbons (Fsp3) is 0.467. The summed E-state index contributed by atoms with van der Waals surface area (Å²) in [4.78, 5) is 22.8. The van der Waals surface area contributed by atoms with Crippen LogP contribution in [-0.4, -0.2) is 29.6 Å². The minimum Gasteiger partial charge on any atom is -0.396 e. The number of aliphatic hydroxyl groups is 1. The van der Waals surface area contributed by atoms with Crippen molar-refractivity contribution in [1.29, 1.82) is 0 Å². The predicted molar refractivity (Wildman–Crippen MR) is 77.1 cm³/mol. The van der Waals surface area contributed by atoms with E-state index >= 15 is 0 Å². The average molecular weight is 278 g/mol. The molecule has 0 saturated heterocycles. The Morgan fingerprint density at radius 1 is 1.20 bits per heavy atom. The Morgan fingerprint density at radius 3 is 2.30 bits per heavy atom. The first-order chi connectivity index (χ1) is 9.43. The number of aliphatic hydroxyl groups excluding tert-OH is 1. The zero-order valence-electron chi connectivity index (χ0n) is 12.1. The van der Waals surface area contributed by atoms with Gasteiger partial charge in [-0.1, -0.05) is 19.1 Å². The summed E-state index contributed by atoms with van der Waals surface area (Å²) in [5.41, 5.74) is 1.50. The summed E-state index contributed by atoms with van der Waals surface area (Å²) in [6.45, 7) is 5.70. The van der Waals surface area contributed by atoms with E-state index in [1.165, 1.54) is 6.92 Å². The number of carbonyl (C=O) groups is 2. The second kappa shape index (κ2) is 7.65. The summed E-state index contributed by atoms with van der Waals surface area (Å²) in [5, 5.41) is 14.6. The molecule has 5 heteroatoms. The van der Waals surface area contributed by atoms with Crippen LogP contribution in [0.1, 0.15) is 36.7 Å². The standard InChI is InChI=1S/C15H22N2O3/c1-10(9-18)11(2)17-15(20)14-6-4-13(5-7-14)8-16-12(3)19/h4-7,10-11,18H,8-9H2,1-3H3,(H,16,19)(H,17,20). The molecular weight excluding hydrogens is 256 g/mol. The van der Waals surface area contributed by atoms with Crippen molar-refractivity contribution in [2.45, 2.75) is 33.4 Å². The van der Waals surface area contributed by atoms with Gasteiger partial charge in [0.15, 0.2) is 0 Å². The van der Waals surface area contributed by atoms with Crippen LogP contribution in [0.2, 0.25) is 0 Å². The van der Waals surface area contributed by atoms with Crippen LogP contribution < -0.4 is 10.6 Å². The fourth-order valence-electron chi connectivity index (χ4n) is 1.59. The molecule has 0 spiro atoms. The molecule has 110 valence electrons. The first-order valence-electron chi connectivity index (χ1n) is 6.69. The minimum absolute atomic E-state index is 0.0120. The highest BCUT2D eigenvalue weighted by molar-refractivity contribution is 5.94. The van der Waals surface area contributed by atoms with Crippen molar-refractivity contribution in [3.8, 4) is 0 Å². The Kier molecular flexibility index (Phi) is 6.18. The minimum atomic E-state index is -0.163. The van der Waals surface area contributed by atoms with E-state index in [1.54, 1.807) is 12.1 Å². The number of nitrogens with one attached hydrogen (secondary N) is 2. The van der Waals surface area contributed by atoms with Crippen LogP contribution in [0, 0.1) is 5.92 Å². The first-order valence-corrected chi connectivity index (χ1v) is 6.69. The molecule has 2 amide bonds. The van der Waals surface area contributed by atoms with E-state index in [-0.39, 0.29) is 30.4 Å². The van der Waals surface area contributed by atoms with Gasteiger partial charge in [-0.2, -0.15) is 0 Å². The first kappa shape index (κ1) is 16.2. The number of rotatable bonds is 6. The van der Waals surface area contributed by atoms with Crippen LogP contribution >= 0.6 is 0 Å². The highest BCUT2D eigenvalue weighted by atomic mass is 16.3. The second-order valence-electron chi connectivity index (χ2n) is 5.03. The van der Waals surface area contributed by atoms with Gasteiger partial charge in [-0.05, 0) is 30.5 Å². The van der Waals surface area contributed by atoms with E-state index in [2.05, 4.69) is 10.6 Å². The van der Waals surface area contributed by atoms with Crippen molar-refractivity contribution < 1.29 is 14.7 Å². The van der Waals surface area contributed by atoms with Gasteiger partial charge in [0.25, 0.3) is 5.91 Å². The maximum atomic E-state index is 12.0. The summed E-state index contributed by atoms with van der Waals surface area (Å²) in [6.07, 6.45) is 0. The molecule has 0 aliphatic heterocycles. The lowest BCUT2D eigenvalue weighted by molar-refractivity contribution is -0.119. The lowest BCUT2D eigenvalue weighted by Gasteiger charge is -2.19. The quantitative estimate of drug-likeness (QED) is 0.728. The number of carbonyl (C=O) groups excluding carboxylic acids is 2. The molecule has 1 rings (SSSR count). The maximum absolute atomic E-state index is 12.0.